The summed E-state index contributed by atoms with van der Waals surface area (Å²) in [5.74, 6) is 0.368. The average Bonchev–Trinajstić information content (AvgIpc) is 2.59. The number of alkyl halides is 1. The fraction of sp³-hybridized carbons (Fsp3) is 0.917. The van der Waals surface area contributed by atoms with Crippen molar-refractivity contribution in [3.05, 3.63) is 0 Å². The Morgan fingerprint density at radius 2 is 2.13 bits per heavy atom. The molecule has 0 aliphatic carbocycles. The smallest absolute Gasteiger partial charge is 0.223 e. The average molecular weight is 276 g/mol. The van der Waals surface area contributed by atoms with E-state index in [1.165, 1.54) is 12.8 Å². The predicted octanol–water partition coefficient (Wildman–Crippen LogP) is 3.34. The van der Waals surface area contributed by atoms with Crippen LogP contribution in [0.1, 0.15) is 52.4 Å². The Hall–Kier alpha value is -0.0500. The highest BCUT2D eigenvalue weighted by Crippen LogP contribution is 2.26. The van der Waals surface area contributed by atoms with Crippen LogP contribution in [-0.2, 0) is 4.79 Å². The molecule has 88 valence electrons. The Balaban J connectivity index is 2.41. The van der Waals surface area contributed by atoms with Gasteiger partial charge >= 0.3 is 0 Å². The van der Waals surface area contributed by atoms with Gasteiger partial charge in [-0.3, -0.25) is 4.79 Å². The minimum absolute atomic E-state index is 0.368. The van der Waals surface area contributed by atoms with Gasteiger partial charge in [0.05, 0.1) is 0 Å². The van der Waals surface area contributed by atoms with Crippen LogP contribution in [0.5, 0.6) is 0 Å². The van der Waals surface area contributed by atoms with Gasteiger partial charge in [-0.15, -0.1) is 0 Å². The number of halogens is 1. The Labute approximate surface area is 102 Å². The van der Waals surface area contributed by atoms with E-state index in [4.69, 9.17) is 0 Å². The second kappa shape index (κ2) is 6.51. The quantitative estimate of drug-likeness (QED) is 0.557. The maximum atomic E-state index is 12.0. The summed E-state index contributed by atoms with van der Waals surface area (Å²) >= 11 is 3.40. The molecule has 15 heavy (non-hydrogen) atoms. The lowest BCUT2D eigenvalue weighted by molar-refractivity contribution is -0.133. The van der Waals surface area contributed by atoms with Crippen LogP contribution >= 0.6 is 15.9 Å². The summed E-state index contributed by atoms with van der Waals surface area (Å²) in [6.45, 7) is 4.36. The van der Waals surface area contributed by atoms with Crippen molar-refractivity contribution in [1.29, 1.82) is 0 Å². The predicted molar refractivity (Wildman–Crippen MR) is 67.3 cm³/mol. The highest BCUT2D eigenvalue weighted by Gasteiger charge is 2.32. The molecule has 0 aromatic carbocycles. The monoisotopic (exact) mass is 275 g/mol. The second-order valence-electron chi connectivity index (χ2n) is 4.44. The molecule has 3 heteroatoms. The first-order valence-electron chi connectivity index (χ1n) is 6.07. The van der Waals surface area contributed by atoms with Gasteiger partial charge in [0.15, 0.2) is 0 Å². The Morgan fingerprint density at radius 1 is 1.40 bits per heavy atom. The van der Waals surface area contributed by atoms with Crippen LogP contribution in [0.25, 0.3) is 0 Å². The maximum Gasteiger partial charge on any atom is 0.223 e. The molecule has 2 atom stereocenters. The Kier molecular flexibility index (Phi) is 5.65. The molecule has 2 nitrogen and oxygen atoms in total. The van der Waals surface area contributed by atoms with Gasteiger partial charge in [0.2, 0.25) is 5.91 Å². The van der Waals surface area contributed by atoms with Gasteiger partial charge in [0, 0.05) is 23.8 Å². The number of likely N-dealkylation sites (tertiary alicyclic amines) is 1. The lowest BCUT2D eigenvalue weighted by atomic mass is 10.1. The van der Waals surface area contributed by atoms with E-state index < -0.39 is 0 Å². The van der Waals surface area contributed by atoms with Crippen LogP contribution in [0.15, 0.2) is 0 Å². The number of hydrogen-bond donors (Lipinski definition) is 0. The summed E-state index contributed by atoms with van der Waals surface area (Å²) < 4.78 is 0. The third-order valence-electron chi connectivity index (χ3n) is 3.32. The number of amides is 1. The first kappa shape index (κ1) is 13.0. The fourth-order valence-corrected chi connectivity index (χ4v) is 2.82. The number of carbonyl (C=O) groups excluding carboxylic acids is 1. The van der Waals surface area contributed by atoms with E-state index in [-0.39, 0.29) is 0 Å². The van der Waals surface area contributed by atoms with E-state index in [1.54, 1.807) is 0 Å². The van der Waals surface area contributed by atoms with Crippen LogP contribution < -0.4 is 0 Å². The first-order valence-corrected chi connectivity index (χ1v) is 7.20. The molecule has 0 radical (unpaired) electrons. The molecule has 1 saturated heterocycles. The summed E-state index contributed by atoms with van der Waals surface area (Å²) in [7, 11) is 0. The van der Waals surface area contributed by atoms with Crippen LogP contribution in [0.2, 0.25) is 0 Å². The lowest BCUT2D eigenvalue weighted by Crippen LogP contribution is -2.39. The van der Waals surface area contributed by atoms with E-state index in [2.05, 4.69) is 34.7 Å². The fourth-order valence-electron chi connectivity index (χ4n) is 2.42. The third-order valence-corrected chi connectivity index (χ3v) is 3.88. The summed E-state index contributed by atoms with van der Waals surface area (Å²) in [5, 5.41) is 1.01. The van der Waals surface area contributed by atoms with Gasteiger partial charge in [-0.05, 0) is 39.0 Å². The molecule has 1 aliphatic rings. The molecule has 0 saturated carbocycles. The minimum Gasteiger partial charge on any atom is -0.337 e. The van der Waals surface area contributed by atoms with E-state index in [0.717, 1.165) is 31.0 Å². The van der Waals surface area contributed by atoms with Crippen LogP contribution in [-0.4, -0.2) is 28.2 Å². The molecule has 0 N–H and O–H groups in total. The molecule has 1 rings (SSSR count). The van der Waals surface area contributed by atoms with Gasteiger partial charge in [-0.1, -0.05) is 22.9 Å². The van der Waals surface area contributed by atoms with Gasteiger partial charge in [0.1, 0.15) is 0 Å². The first-order chi connectivity index (χ1) is 7.20. The molecule has 0 aromatic heterocycles. The molecule has 1 heterocycles. The Morgan fingerprint density at radius 3 is 2.73 bits per heavy atom. The van der Waals surface area contributed by atoms with E-state index >= 15 is 0 Å². The molecule has 0 aromatic rings. The van der Waals surface area contributed by atoms with Gasteiger partial charge in [-0.25, -0.2) is 0 Å². The van der Waals surface area contributed by atoms with Crippen LogP contribution in [0, 0.1) is 0 Å². The van der Waals surface area contributed by atoms with Crippen molar-refractivity contribution in [3.8, 4) is 0 Å². The Bertz CT molecular complexity index is 208. The van der Waals surface area contributed by atoms with Crippen molar-refractivity contribution in [2.45, 2.75) is 64.5 Å². The zero-order chi connectivity index (χ0) is 11.3. The zero-order valence-corrected chi connectivity index (χ0v) is 11.4. The molecular formula is C12H22BrNO. The number of hydrogen-bond acceptors (Lipinski definition) is 1. The lowest BCUT2D eigenvalue weighted by Gasteiger charge is -2.28. The van der Waals surface area contributed by atoms with Crippen molar-refractivity contribution in [2.75, 3.05) is 5.33 Å². The summed E-state index contributed by atoms with van der Waals surface area (Å²) in [6.07, 6.45) is 6.33. The van der Waals surface area contributed by atoms with E-state index in [0.29, 0.717) is 18.0 Å². The van der Waals surface area contributed by atoms with E-state index in [1.807, 2.05) is 0 Å². The number of unbranched alkanes of at least 4 members (excludes halogenated alkanes) is 1. The van der Waals surface area contributed by atoms with Gasteiger partial charge in [0.25, 0.3) is 0 Å². The SMILES string of the molecule is CCC1CCC(C)N1C(=O)CCCCBr. The topological polar surface area (TPSA) is 20.3 Å². The van der Waals surface area contributed by atoms with Gasteiger partial charge in [-0.2, -0.15) is 0 Å². The third kappa shape index (κ3) is 3.47. The molecule has 0 bridgehead atoms. The van der Waals surface area contributed by atoms with Crippen molar-refractivity contribution >= 4 is 21.8 Å². The second-order valence-corrected chi connectivity index (χ2v) is 5.23. The van der Waals surface area contributed by atoms with Crippen LogP contribution in [0.3, 0.4) is 0 Å². The molecule has 1 amide bonds. The molecule has 2 unspecified atom stereocenters. The van der Waals surface area contributed by atoms with Crippen molar-refractivity contribution in [3.63, 3.8) is 0 Å². The maximum absolute atomic E-state index is 12.0. The molecular weight excluding hydrogens is 254 g/mol. The van der Waals surface area contributed by atoms with E-state index in [9.17, 15) is 4.79 Å². The molecule has 1 fully saturated rings. The highest BCUT2D eigenvalue weighted by atomic mass is 79.9. The minimum atomic E-state index is 0.368. The summed E-state index contributed by atoms with van der Waals surface area (Å²) in [4.78, 5) is 14.1. The van der Waals surface area contributed by atoms with Gasteiger partial charge < -0.3 is 4.90 Å². The van der Waals surface area contributed by atoms with Crippen molar-refractivity contribution in [2.24, 2.45) is 0 Å². The van der Waals surface area contributed by atoms with Crippen molar-refractivity contribution < 1.29 is 4.79 Å². The van der Waals surface area contributed by atoms with Crippen LogP contribution in [0.4, 0.5) is 0 Å². The standard InChI is InChI=1S/C12H22BrNO/c1-3-11-8-7-10(2)14(11)12(15)6-4-5-9-13/h10-11H,3-9H2,1-2H3. The summed E-state index contributed by atoms with van der Waals surface area (Å²) in [6, 6.07) is 0.975. The largest absolute Gasteiger partial charge is 0.337 e. The number of rotatable bonds is 5. The number of carbonyl (C=O) groups is 1. The number of nitrogens with zero attached hydrogens (tertiary/aromatic N) is 1. The normalized spacial score (nSPS) is 25.9. The molecule has 1 aliphatic heterocycles. The molecule has 0 spiro atoms. The van der Waals surface area contributed by atoms with Crippen molar-refractivity contribution in [1.82, 2.24) is 4.90 Å². The zero-order valence-electron chi connectivity index (χ0n) is 9.84. The highest BCUT2D eigenvalue weighted by molar-refractivity contribution is 9.09. The summed E-state index contributed by atoms with van der Waals surface area (Å²) in [5.41, 5.74) is 0.